The fraction of sp³-hybridized carbons (Fsp3) is 0.263. The first-order chi connectivity index (χ1) is 12.9. The molecule has 0 bridgehead atoms. The van der Waals surface area contributed by atoms with Gasteiger partial charge in [-0.05, 0) is 17.7 Å². The number of carbonyl (C=O) groups is 1. The second-order valence-electron chi connectivity index (χ2n) is 6.57. The molecule has 8 heteroatoms. The van der Waals surface area contributed by atoms with E-state index in [1.807, 2.05) is 30.3 Å². The Labute approximate surface area is 161 Å². The van der Waals surface area contributed by atoms with Crippen LogP contribution in [0.2, 0.25) is 0 Å². The lowest BCUT2D eigenvalue weighted by atomic mass is 10.1. The van der Waals surface area contributed by atoms with E-state index >= 15 is 0 Å². The third-order valence-electron chi connectivity index (χ3n) is 4.60. The second-order valence-corrected chi connectivity index (χ2v) is 9.93. The number of thioether (sulfide) groups is 1. The van der Waals surface area contributed by atoms with E-state index in [4.69, 9.17) is 0 Å². The number of nitrogens with zero attached hydrogens (tertiary/aromatic N) is 2. The van der Waals surface area contributed by atoms with E-state index in [2.05, 4.69) is 4.99 Å². The molecule has 2 saturated heterocycles. The van der Waals surface area contributed by atoms with Gasteiger partial charge in [0, 0.05) is 5.25 Å². The normalized spacial score (nSPS) is 24.9. The molecule has 2 aliphatic rings. The molecule has 0 N–H and O–H groups in total. The molecule has 4 rings (SSSR count). The number of halogens is 1. The summed E-state index contributed by atoms with van der Waals surface area (Å²) in [5.41, 5.74) is 1.09. The first kappa shape index (κ1) is 18.2. The van der Waals surface area contributed by atoms with Crippen molar-refractivity contribution in [2.24, 2.45) is 4.99 Å². The maximum atomic E-state index is 14.4. The molecule has 140 valence electrons. The molecule has 27 heavy (non-hydrogen) atoms. The lowest BCUT2D eigenvalue weighted by Crippen LogP contribution is -2.38. The Bertz CT molecular complexity index is 1010. The van der Waals surface area contributed by atoms with Gasteiger partial charge in [0.1, 0.15) is 5.82 Å². The smallest absolute Gasteiger partial charge is 0.252 e. The van der Waals surface area contributed by atoms with E-state index in [1.54, 1.807) is 23.1 Å². The lowest BCUT2D eigenvalue weighted by Gasteiger charge is -2.24. The molecular weight excluding hydrogens is 387 g/mol. The maximum absolute atomic E-state index is 14.4. The predicted octanol–water partition coefficient (Wildman–Crippen LogP) is 2.67. The molecule has 2 fully saturated rings. The molecular formula is C19H17FN2O3S2. The van der Waals surface area contributed by atoms with Gasteiger partial charge >= 0.3 is 0 Å². The maximum Gasteiger partial charge on any atom is 0.252 e. The molecule has 2 unspecified atom stereocenters. The number of amidine groups is 1. The van der Waals surface area contributed by atoms with E-state index in [1.165, 1.54) is 17.8 Å². The highest BCUT2D eigenvalue weighted by molar-refractivity contribution is 8.16. The second kappa shape index (κ2) is 7.09. The van der Waals surface area contributed by atoms with Gasteiger partial charge in [-0.1, -0.05) is 54.2 Å². The molecule has 2 aliphatic heterocycles. The summed E-state index contributed by atoms with van der Waals surface area (Å²) in [5, 5.41) is 0.115. The predicted molar refractivity (Wildman–Crippen MR) is 105 cm³/mol. The number of rotatable bonds is 3. The third-order valence-corrected chi connectivity index (χ3v) is 7.81. The minimum absolute atomic E-state index is 0.0131. The number of fused-ring (bicyclic) bond motifs is 1. The van der Waals surface area contributed by atoms with Crippen molar-refractivity contribution in [3.63, 3.8) is 0 Å². The Morgan fingerprint density at radius 2 is 1.81 bits per heavy atom. The summed E-state index contributed by atoms with van der Waals surface area (Å²) in [7, 11) is -3.18. The zero-order chi connectivity index (χ0) is 19.0. The van der Waals surface area contributed by atoms with E-state index in [0.29, 0.717) is 5.17 Å². The van der Waals surface area contributed by atoms with Crippen LogP contribution >= 0.6 is 11.8 Å². The number of anilines is 1. The number of benzene rings is 2. The van der Waals surface area contributed by atoms with E-state index in [9.17, 15) is 17.6 Å². The summed E-state index contributed by atoms with van der Waals surface area (Å²) in [6.45, 7) is 0. The zero-order valence-electron chi connectivity index (χ0n) is 14.3. The first-order valence-corrected chi connectivity index (χ1v) is 11.2. The van der Waals surface area contributed by atoms with Crippen LogP contribution in [0.15, 0.2) is 59.6 Å². The Balaban J connectivity index is 1.67. The van der Waals surface area contributed by atoms with Crippen LogP contribution in [0.25, 0.3) is 0 Å². The van der Waals surface area contributed by atoms with Gasteiger partial charge in [0.05, 0.1) is 29.7 Å². The van der Waals surface area contributed by atoms with Crippen LogP contribution < -0.4 is 4.90 Å². The van der Waals surface area contributed by atoms with Gasteiger partial charge in [-0.3, -0.25) is 4.79 Å². The summed E-state index contributed by atoms with van der Waals surface area (Å²) in [4.78, 5) is 18.2. The Hall–Kier alpha value is -2.19. The standard InChI is InChI=1S/C19H17FN2O3S2/c20-14-8-4-5-9-15(14)22-16-11-27(24,25)12-17(16)26-19(22)21-18(23)10-13-6-2-1-3-7-13/h1-9,16-17H,10-12H2. The molecule has 2 aromatic rings. The topological polar surface area (TPSA) is 66.8 Å². The summed E-state index contributed by atoms with van der Waals surface area (Å²) >= 11 is 1.24. The van der Waals surface area contributed by atoms with Crippen molar-refractivity contribution >= 4 is 38.4 Å². The minimum Gasteiger partial charge on any atom is -0.313 e. The van der Waals surface area contributed by atoms with Gasteiger partial charge in [-0.25, -0.2) is 12.8 Å². The van der Waals surface area contributed by atoms with Crippen molar-refractivity contribution in [2.45, 2.75) is 17.7 Å². The molecule has 0 saturated carbocycles. The molecule has 2 heterocycles. The van der Waals surface area contributed by atoms with Gasteiger partial charge in [-0.15, -0.1) is 0 Å². The van der Waals surface area contributed by atoms with Crippen molar-refractivity contribution < 1.29 is 17.6 Å². The van der Waals surface area contributed by atoms with Crippen LogP contribution in [0, 0.1) is 5.82 Å². The molecule has 0 radical (unpaired) electrons. The van der Waals surface area contributed by atoms with Gasteiger partial charge in [0.25, 0.3) is 5.91 Å². The van der Waals surface area contributed by atoms with Crippen LogP contribution in [-0.4, -0.2) is 42.3 Å². The first-order valence-electron chi connectivity index (χ1n) is 8.49. The molecule has 0 aliphatic carbocycles. The van der Waals surface area contributed by atoms with E-state index in [0.717, 1.165) is 5.56 Å². The van der Waals surface area contributed by atoms with Crippen LogP contribution in [0.3, 0.4) is 0 Å². The molecule has 2 aromatic carbocycles. The van der Waals surface area contributed by atoms with Crippen molar-refractivity contribution in [2.75, 3.05) is 16.4 Å². The monoisotopic (exact) mass is 404 g/mol. The highest BCUT2D eigenvalue weighted by Gasteiger charge is 2.49. The molecule has 1 amide bonds. The molecule has 0 spiro atoms. The number of hydrogen-bond donors (Lipinski definition) is 0. The summed E-state index contributed by atoms with van der Waals surface area (Å²) in [6.07, 6.45) is 0.143. The van der Waals surface area contributed by atoms with Crippen LogP contribution in [0.1, 0.15) is 5.56 Å². The van der Waals surface area contributed by atoms with Gasteiger partial charge < -0.3 is 4.90 Å². The average molecular weight is 404 g/mol. The van der Waals surface area contributed by atoms with Crippen molar-refractivity contribution in [1.29, 1.82) is 0 Å². The number of carbonyl (C=O) groups excluding carboxylic acids is 1. The van der Waals surface area contributed by atoms with Gasteiger partial charge in [0.2, 0.25) is 0 Å². The molecule has 0 aromatic heterocycles. The number of para-hydroxylation sites is 1. The third kappa shape index (κ3) is 3.77. The fourth-order valence-corrected chi connectivity index (χ4v) is 7.33. The summed E-state index contributed by atoms with van der Waals surface area (Å²) in [5.74, 6) is -0.858. The van der Waals surface area contributed by atoms with E-state index in [-0.39, 0.29) is 34.8 Å². The average Bonchev–Trinajstić information content (AvgIpc) is 3.07. The highest BCUT2D eigenvalue weighted by atomic mass is 32.2. The zero-order valence-corrected chi connectivity index (χ0v) is 15.9. The van der Waals surface area contributed by atoms with Gasteiger partial charge in [-0.2, -0.15) is 4.99 Å². The largest absolute Gasteiger partial charge is 0.313 e. The van der Waals surface area contributed by atoms with Crippen LogP contribution in [-0.2, 0) is 21.1 Å². The highest BCUT2D eigenvalue weighted by Crippen LogP contribution is 2.41. The van der Waals surface area contributed by atoms with E-state index < -0.39 is 21.7 Å². The number of hydrogen-bond acceptors (Lipinski definition) is 4. The van der Waals surface area contributed by atoms with Crippen LogP contribution in [0.5, 0.6) is 0 Å². The SMILES string of the molecule is O=C(Cc1ccccc1)N=C1SC2CS(=O)(=O)CC2N1c1ccccc1F. The number of sulfone groups is 1. The van der Waals surface area contributed by atoms with Gasteiger partial charge in [0.15, 0.2) is 15.0 Å². The summed E-state index contributed by atoms with van der Waals surface area (Å²) in [6, 6.07) is 15.0. The molecule has 5 nitrogen and oxygen atoms in total. The minimum atomic E-state index is -3.18. The Kier molecular flexibility index (Phi) is 4.77. The van der Waals surface area contributed by atoms with Crippen molar-refractivity contribution in [3.05, 3.63) is 66.0 Å². The quantitative estimate of drug-likeness (QED) is 0.787. The summed E-state index contributed by atoms with van der Waals surface area (Å²) < 4.78 is 38.5. The lowest BCUT2D eigenvalue weighted by molar-refractivity contribution is -0.117. The number of amides is 1. The van der Waals surface area contributed by atoms with Crippen LogP contribution in [0.4, 0.5) is 10.1 Å². The fourth-order valence-electron chi connectivity index (χ4n) is 3.41. The molecule has 2 atom stereocenters. The van der Waals surface area contributed by atoms with Crippen molar-refractivity contribution in [1.82, 2.24) is 0 Å². The van der Waals surface area contributed by atoms with Crippen molar-refractivity contribution in [3.8, 4) is 0 Å². The Morgan fingerprint density at radius 3 is 2.56 bits per heavy atom. The number of aliphatic imine (C=N–C) groups is 1. The Morgan fingerprint density at radius 1 is 1.11 bits per heavy atom.